The number of aliphatic hydroxyl groups excluding tert-OH is 3. The molecule has 0 aromatic heterocycles. The van der Waals surface area contributed by atoms with Crippen LogP contribution < -0.4 is 0 Å². The molecule has 0 spiro atoms. The molecule has 0 aliphatic heterocycles. The third-order valence-corrected chi connectivity index (χ3v) is 1.36. The van der Waals surface area contributed by atoms with Gasteiger partial charge in [0.2, 0.25) is 0 Å². The largest absolute Gasteiger partial charge is 0.394 e. The van der Waals surface area contributed by atoms with E-state index in [1.165, 1.54) is 0 Å². The van der Waals surface area contributed by atoms with Crippen molar-refractivity contribution in [3.05, 3.63) is 0 Å². The number of hydrogen-bond donors (Lipinski definition) is 4. The van der Waals surface area contributed by atoms with Gasteiger partial charge in [-0.2, -0.15) is 0 Å². The topological polar surface area (TPSA) is 80.9 Å². The molecule has 0 aliphatic carbocycles. The Morgan fingerprint density at radius 3 is 2.00 bits per heavy atom. The molecule has 4 nitrogen and oxygen atoms in total. The number of aliphatic hydroxyl groups is 4. The van der Waals surface area contributed by atoms with E-state index in [0.29, 0.717) is 0 Å². The molecule has 4 heteroatoms. The van der Waals surface area contributed by atoms with Gasteiger partial charge in [-0.05, 0) is 6.42 Å². The molecule has 0 saturated carbocycles. The summed E-state index contributed by atoms with van der Waals surface area (Å²) in [6.45, 7) is 1.25. The molecule has 0 bridgehead atoms. The van der Waals surface area contributed by atoms with Crippen LogP contribution in [0.2, 0.25) is 0 Å². The van der Waals surface area contributed by atoms with Crippen LogP contribution in [0.1, 0.15) is 13.3 Å². The van der Waals surface area contributed by atoms with Crippen LogP contribution >= 0.6 is 0 Å². The highest BCUT2D eigenvalue weighted by Gasteiger charge is 2.14. The highest BCUT2D eigenvalue weighted by atomic mass is 16.5. The van der Waals surface area contributed by atoms with Crippen LogP contribution in [0.15, 0.2) is 0 Å². The average Bonchev–Trinajstić information content (AvgIpc) is 1.87. The molecular weight excluding hydrogens is 136 g/mol. The standard InChI is InChI=1S/C6H14O4/c1-4(6(9)10)2-5(8)3-7/h4-10H,2-3H2,1H3. The van der Waals surface area contributed by atoms with Crippen molar-refractivity contribution in [2.45, 2.75) is 25.7 Å². The first-order valence-electron chi connectivity index (χ1n) is 3.23. The van der Waals surface area contributed by atoms with Gasteiger partial charge < -0.3 is 20.4 Å². The number of hydrogen-bond acceptors (Lipinski definition) is 4. The second-order valence-corrected chi connectivity index (χ2v) is 2.46. The Morgan fingerprint density at radius 2 is 1.70 bits per heavy atom. The molecule has 10 heavy (non-hydrogen) atoms. The van der Waals surface area contributed by atoms with Gasteiger partial charge >= 0.3 is 0 Å². The van der Waals surface area contributed by atoms with E-state index in [2.05, 4.69) is 0 Å². The van der Waals surface area contributed by atoms with Crippen molar-refractivity contribution >= 4 is 0 Å². The van der Waals surface area contributed by atoms with Crippen molar-refractivity contribution < 1.29 is 20.4 Å². The van der Waals surface area contributed by atoms with E-state index in [4.69, 9.17) is 20.4 Å². The minimum Gasteiger partial charge on any atom is -0.394 e. The molecule has 0 heterocycles. The van der Waals surface area contributed by atoms with E-state index in [1.54, 1.807) is 6.92 Å². The molecule has 0 aliphatic rings. The van der Waals surface area contributed by atoms with Gasteiger partial charge in [0.25, 0.3) is 0 Å². The summed E-state index contributed by atoms with van der Waals surface area (Å²) in [5.41, 5.74) is 0. The summed E-state index contributed by atoms with van der Waals surface area (Å²) in [5, 5.41) is 34.2. The second-order valence-electron chi connectivity index (χ2n) is 2.46. The predicted octanol–water partition coefficient (Wildman–Crippen LogP) is -1.32. The molecule has 2 atom stereocenters. The van der Waals surface area contributed by atoms with E-state index in [0.717, 1.165) is 0 Å². The summed E-state index contributed by atoms with van der Waals surface area (Å²) in [5.74, 6) is -0.401. The third-order valence-electron chi connectivity index (χ3n) is 1.36. The number of rotatable bonds is 4. The quantitative estimate of drug-likeness (QED) is 0.374. The van der Waals surface area contributed by atoms with Gasteiger partial charge in [0.15, 0.2) is 6.29 Å². The summed E-state index contributed by atoms with van der Waals surface area (Å²) in [6.07, 6.45) is -2.06. The van der Waals surface area contributed by atoms with Crippen LogP contribution in [0.25, 0.3) is 0 Å². The van der Waals surface area contributed by atoms with E-state index in [9.17, 15) is 0 Å². The first-order chi connectivity index (χ1) is 4.57. The normalized spacial score (nSPS) is 17.4. The van der Waals surface area contributed by atoms with Gasteiger partial charge in [0.05, 0.1) is 12.7 Å². The van der Waals surface area contributed by atoms with Crippen molar-refractivity contribution in [1.82, 2.24) is 0 Å². The molecule has 4 N–H and O–H groups in total. The zero-order valence-electron chi connectivity index (χ0n) is 5.94. The van der Waals surface area contributed by atoms with Crippen LogP contribution in [0.5, 0.6) is 0 Å². The maximum absolute atomic E-state index is 8.80. The molecule has 0 aromatic carbocycles. The fourth-order valence-electron chi connectivity index (χ4n) is 0.625. The molecule has 0 aromatic rings. The molecule has 62 valence electrons. The van der Waals surface area contributed by atoms with Crippen molar-refractivity contribution in [2.75, 3.05) is 6.61 Å². The molecule has 0 fully saturated rings. The van der Waals surface area contributed by atoms with Crippen molar-refractivity contribution in [2.24, 2.45) is 5.92 Å². The van der Waals surface area contributed by atoms with E-state index in [1.807, 2.05) is 0 Å². The Bertz CT molecular complexity index is 83.8. The lowest BCUT2D eigenvalue weighted by atomic mass is 10.0. The lowest BCUT2D eigenvalue weighted by molar-refractivity contribution is -0.0912. The van der Waals surface area contributed by atoms with E-state index in [-0.39, 0.29) is 13.0 Å². The Hall–Kier alpha value is -0.160. The molecule has 0 amide bonds. The van der Waals surface area contributed by atoms with Crippen LogP contribution in [0.3, 0.4) is 0 Å². The molecule has 0 saturated heterocycles. The molecular formula is C6H14O4. The van der Waals surface area contributed by atoms with Gasteiger partial charge in [-0.1, -0.05) is 6.92 Å². The van der Waals surface area contributed by atoms with Crippen molar-refractivity contribution in [3.8, 4) is 0 Å². The highest BCUT2D eigenvalue weighted by molar-refractivity contribution is 4.60. The maximum atomic E-state index is 8.80. The third kappa shape index (κ3) is 3.79. The monoisotopic (exact) mass is 150 g/mol. The van der Waals surface area contributed by atoms with Crippen LogP contribution in [-0.4, -0.2) is 39.4 Å². The maximum Gasteiger partial charge on any atom is 0.154 e. The van der Waals surface area contributed by atoms with Gasteiger partial charge in [-0.25, -0.2) is 0 Å². The lowest BCUT2D eigenvalue weighted by Gasteiger charge is -2.15. The fourth-order valence-corrected chi connectivity index (χ4v) is 0.625. The van der Waals surface area contributed by atoms with Crippen LogP contribution in [0, 0.1) is 5.92 Å². The Kier molecular flexibility index (Phi) is 4.55. The fraction of sp³-hybridized carbons (Fsp3) is 1.00. The average molecular weight is 150 g/mol. The molecule has 0 radical (unpaired) electrons. The zero-order valence-corrected chi connectivity index (χ0v) is 5.94. The zero-order chi connectivity index (χ0) is 8.15. The summed E-state index contributed by atoms with van der Waals surface area (Å²) in [4.78, 5) is 0. The van der Waals surface area contributed by atoms with Crippen molar-refractivity contribution in [3.63, 3.8) is 0 Å². The lowest BCUT2D eigenvalue weighted by Crippen LogP contribution is -2.24. The first kappa shape index (κ1) is 9.84. The van der Waals surface area contributed by atoms with Gasteiger partial charge in [0.1, 0.15) is 0 Å². The first-order valence-corrected chi connectivity index (χ1v) is 3.23. The Morgan fingerprint density at radius 1 is 1.20 bits per heavy atom. The minimum atomic E-state index is -1.42. The summed E-state index contributed by atoms with van der Waals surface area (Å²) in [6, 6.07) is 0. The van der Waals surface area contributed by atoms with Gasteiger partial charge in [-0.3, -0.25) is 0 Å². The molecule has 2 unspecified atom stereocenters. The van der Waals surface area contributed by atoms with Gasteiger partial charge in [-0.15, -0.1) is 0 Å². The highest BCUT2D eigenvalue weighted by Crippen LogP contribution is 2.08. The van der Waals surface area contributed by atoms with E-state index >= 15 is 0 Å². The predicted molar refractivity (Wildman–Crippen MR) is 35.1 cm³/mol. The summed E-state index contributed by atoms with van der Waals surface area (Å²) < 4.78 is 0. The van der Waals surface area contributed by atoms with Crippen molar-refractivity contribution in [1.29, 1.82) is 0 Å². The Balaban J connectivity index is 3.46. The van der Waals surface area contributed by atoms with Crippen LogP contribution in [-0.2, 0) is 0 Å². The smallest absolute Gasteiger partial charge is 0.154 e. The summed E-state index contributed by atoms with van der Waals surface area (Å²) in [7, 11) is 0. The second kappa shape index (κ2) is 4.62. The van der Waals surface area contributed by atoms with Gasteiger partial charge in [0, 0.05) is 5.92 Å². The minimum absolute atomic E-state index is 0.203. The van der Waals surface area contributed by atoms with Crippen LogP contribution in [0.4, 0.5) is 0 Å². The Labute approximate surface area is 59.7 Å². The molecule has 0 rings (SSSR count). The SMILES string of the molecule is CC(CC(O)CO)C(O)O. The van der Waals surface area contributed by atoms with E-state index < -0.39 is 18.3 Å². The summed E-state index contributed by atoms with van der Waals surface area (Å²) >= 11 is 0.